The third kappa shape index (κ3) is 3.14. The Bertz CT molecular complexity index is 736. The van der Waals surface area contributed by atoms with Crippen LogP contribution in [0.2, 0.25) is 0 Å². The number of carbonyl (C=O) groups is 1. The van der Waals surface area contributed by atoms with Crippen LogP contribution in [0, 0.1) is 6.92 Å². The van der Waals surface area contributed by atoms with Crippen LogP contribution in [0.4, 0.5) is 5.13 Å². The monoisotopic (exact) mass is 299 g/mol. The number of pyridine rings is 1. The summed E-state index contributed by atoms with van der Waals surface area (Å²) in [4.78, 5) is 21.6. The molecule has 6 nitrogen and oxygen atoms in total. The zero-order chi connectivity index (χ0) is 14.7. The van der Waals surface area contributed by atoms with Crippen LogP contribution in [0.5, 0.6) is 0 Å². The van der Waals surface area contributed by atoms with Gasteiger partial charge in [0.25, 0.3) is 0 Å². The number of nitrogens with one attached hydrogen (secondary N) is 1. The first-order valence-corrected chi connectivity index (χ1v) is 7.20. The van der Waals surface area contributed by atoms with E-state index in [0.717, 1.165) is 16.3 Å². The first-order valence-electron chi connectivity index (χ1n) is 6.38. The lowest BCUT2D eigenvalue weighted by atomic mass is 10.3. The first kappa shape index (κ1) is 13.4. The fourth-order valence-corrected chi connectivity index (χ4v) is 2.84. The summed E-state index contributed by atoms with van der Waals surface area (Å²) < 4.78 is 1.56. The maximum absolute atomic E-state index is 11.9. The Morgan fingerprint density at radius 2 is 2.24 bits per heavy atom. The Kier molecular flexibility index (Phi) is 3.74. The van der Waals surface area contributed by atoms with Crippen molar-refractivity contribution in [1.29, 1.82) is 0 Å². The number of carbonyl (C=O) groups excluding carboxylic acids is 1. The molecule has 0 fully saturated rings. The summed E-state index contributed by atoms with van der Waals surface area (Å²) in [6.07, 6.45) is 5.12. The second-order valence-electron chi connectivity index (χ2n) is 4.40. The predicted molar refractivity (Wildman–Crippen MR) is 80.9 cm³/mol. The standard InChI is InChI=1S/C14H13N5OS/c1-10-13(11-5-2-3-6-15-11)21-14(17-10)18-12(20)9-19-8-4-7-16-19/h2-8H,9H2,1H3,(H,17,18,20). The second kappa shape index (κ2) is 5.84. The van der Waals surface area contributed by atoms with Crippen LogP contribution in [-0.4, -0.2) is 25.7 Å². The van der Waals surface area contributed by atoms with Crippen molar-refractivity contribution < 1.29 is 4.79 Å². The maximum Gasteiger partial charge on any atom is 0.247 e. The molecule has 3 rings (SSSR count). The van der Waals surface area contributed by atoms with E-state index in [2.05, 4.69) is 20.4 Å². The van der Waals surface area contributed by atoms with Crippen LogP contribution in [0.25, 0.3) is 10.6 Å². The van der Waals surface area contributed by atoms with E-state index in [1.165, 1.54) is 11.3 Å². The highest BCUT2D eigenvalue weighted by Gasteiger charge is 2.12. The van der Waals surface area contributed by atoms with Gasteiger partial charge >= 0.3 is 0 Å². The molecule has 0 atom stereocenters. The van der Waals surface area contributed by atoms with Crippen molar-refractivity contribution in [2.24, 2.45) is 0 Å². The predicted octanol–water partition coefficient (Wildman–Crippen LogP) is 2.35. The summed E-state index contributed by atoms with van der Waals surface area (Å²) in [5.41, 5.74) is 1.72. The van der Waals surface area contributed by atoms with Crippen molar-refractivity contribution in [3.8, 4) is 10.6 Å². The average Bonchev–Trinajstić information content (AvgIpc) is 3.09. The van der Waals surface area contributed by atoms with Gasteiger partial charge in [0.1, 0.15) is 6.54 Å². The Labute approximate surface area is 125 Å². The van der Waals surface area contributed by atoms with Crippen molar-refractivity contribution in [2.75, 3.05) is 5.32 Å². The van der Waals surface area contributed by atoms with Crippen LogP contribution in [0.1, 0.15) is 5.69 Å². The summed E-state index contributed by atoms with van der Waals surface area (Å²) in [6.45, 7) is 2.08. The molecular formula is C14H13N5OS. The molecule has 0 aliphatic rings. The van der Waals surface area contributed by atoms with Gasteiger partial charge in [-0.2, -0.15) is 5.10 Å². The molecule has 0 aliphatic heterocycles. The Balaban J connectivity index is 1.74. The highest BCUT2D eigenvalue weighted by Crippen LogP contribution is 2.31. The van der Waals surface area contributed by atoms with E-state index in [4.69, 9.17) is 0 Å². The highest BCUT2D eigenvalue weighted by molar-refractivity contribution is 7.19. The molecule has 0 radical (unpaired) electrons. The van der Waals surface area contributed by atoms with Crippen molar-refractivity contribution in [2.45, 2.75) is 13.5 Å². The molecule has 0 bridgehead atoms. The normalized spacial score (nSPS) is 10.5. The van der Waals surface area contributed by atoms with Crippen LogP contribution in [0.3, 0.4) is 0 Å². The van der Waals surface area contributed by atoms with Gasteiger partial charge in [0, 0.05) is 18.6 Å². The lowest BCUT2D eigenvalue weighted by molar-refractivity contribution is -0.116. The van der Waals surface area contributed by atoms with Gasteiger partial charge in [-0.3, -0.25) is 14.5 Å². The van der Waals surface area contributed by atoms with Gasteiger partial charge in [-0.25, -0.2) is 4.98 Å². The zero-order valence-electron chi connectivity index (χ0n) is 11.4. The summed E-state index contributed by atoms with van der Waals surface area (Å²) in [5, 5.41) is 7.36. The first-order chi connectivity index (χ1) is 10.2. The van der Waals surface area contributed by atoms with Crippen molar-refractivity contribution in [3.63, 3.8) is 0 Å². The molecule has 0 saturated carbocycles. The molecule has 0 saturated heterocycles. The third-order valence-electron chi connectivity index (χ3n) is 2.81. The molecular weight excluding hydrogens is 286 g/mol. The minimum atomic E-state index is -0.153. The Hall–Kier alpha value is -2.54. The number of amides is 1. The molecule has 1 N–H and O–H groups in total. The lowest BCUT2D eigenvalue weighted by Gasteiger charge is -2.01. The van der Waals surface area contributed by atoms with Gasteiger partial charge in [-0.05, 0) is 25.1 Å². The maximum atomic E-state index is 11.9. The smallest absolute Gasteiger partial charge is 0.247 e. The van der Waals surface area contributed by atoms with Gasteiger partial charge in [-0.15, -0.1) is 0 Å². The molecule has 7 heteroatoms. The number of hydrogen-bond donors (Lipinski definition) is 1. The summed E-state index contributed by atoms with van der Waals surface area (Å²) in [6, 6.07) is 7.50. The summed E-state index contributed by atoms with van der Waals surface area (Å²) in [7, 11) is 0. The Morgan fingerprint density at radius 1 is 1.33 bits per heavy atom. The fraction of sp³-hybridized carbons (Fsp3) is 0.143. The third-order valence-corrected chi connectivity index (χ3v) is 3.90. The highest BCUT2D eigenvalue weighted by atomic mass is 32.1. The Morgan fingerprint density at radius 3 is 2.95 bits per heavy atom. The van der Waals surface area contributed by atoms with Crippen LogP contribution in [-0.2, 0) is 11.3 Å². The number of nitrogens with zero attached hydrogens (tertiary/aromatic N) is 4. The molecule has 0 aromatic carbocycles. The van der Waals surface area contributed by atoms with Gasteiger partial charge in [0.05, 0.1) is 16.3 Å². The molecule has 0 spiro atoms. The number of anilines is 1. The molecule has 3 aromatic rings. The SMILES string of the molecule is Cc1nc(NC(=O)Cn2cccn2)sc1-c1ccccn1. The van der Waals surface area contributed by atoms with E-state index in [1.807, 2.05) is 25.1 Å². The summed E-state index contributed by atoms with van der Waals surface area (Å²) in [5.74, 6) is -0.153. The molecule has 21 heavy (non-hydrogen) atoms. The van der Waals surface area contributed by atoms with E-state index >= 15 is 0 Å². The molecule has 0 aliphatic carbocycles. The van der Waals surface area contributed by atoms with Crippen molar-refractivity contribution in [3.05, 3.63) is 48.5 Å². The van der Waals surface area contributed by atoms with Crippen LogP contribution >= 0.6 is 11.3 Å². The zero-order valence-corrected chi connectivity index (χ0v) is 12.2. The molecule has 1 amide bonds. The van der Waals surface area contributed by atoms with Crippen molar-refractivity contribution in [1.82, 2.24) is 19.7 Å². The fourth-order valence-electron chi connectivity index (χ4n) is 1.88. The molecule has 3 aromatic heterocycles. The number of hydrogen-bond acceptors (Lipinski definition) is 5. The van der Waals surface area contributed by atoms with E-state index < -0.39 is 0 Å². The minimum Gasteiger partial charge on any atom is -0.300 e. The van der Waals surface area contributed by atoms with Gasteiger partial charge in [0.2, 0.25) is 5.91 Å². The average molecular weight is 299 g/mol. The largest absolute Gasteiger partial charge is 0.300 e. The van der Waals surface area contributed by atoms with Crippen molar-refractivity contribution >= 4 is 22.4 Å². The summed E-state index contributed by atoms with van der Waals surface area (Å²) >= 11 is 1.42. The van der Waals surface area contributed by atoms with E-state index in [1.54, 1.807) is 29.3 Å². The van der Waals surface area contributed by atoms with Crippen LogP contribution < -0.4 is 5.32 Å². The number of thiazole rings is 1. The number of aryl methyl sites for hydroxylation is 1. The molecule has 3 heterocycles. The quantitative estimate of drug-likeness (QED) is 0.802. The molecule has 0 unspecified atom stereocenters. The molecule has 106 valence electrons. The van der Waals surface area contributed by atoms with Gasteiger partial charge in [0.15, 0.2) is 5.13 Å². The van der Waals surface area contributed by atoms with Crippen LogP contribution in [0.15, 0.2) is 42.9 Å². The number of aromatic nitrogens is 4. The van der Waals surface area contributed by atoms with E-state index in [-0.39, 0.29) is 12.5 Å². The van der Waals surface area contributed by atoms with E-state index in [0.29, 0.717) is 5.13 Å². The van der Waals surface area contributed by atoms with E-state index in [9.17, 15) is 4.79 Å². The lowest BCUT2D eigenvalue weighted by Crippen LogP contribution is -2.18. The van der Waals surface area contributed by atoms with Gasteiger partial charge in [-0.1, -0.05) is 17.4 Å². The second-order valence-corrected chi connectivity index (χ2v) is 5.40. The minimum absolute atomic E-state index is 0.153. The number of rotatable bonds is 4. The van der Waals surface area contributed by atoms with Gasteiger partial charge < -0.3 is 5.32 Å². The topological polar surface area (TPSA) is 72.7 Å².